The van der Waals surface area contributed by atoms with Crippen LogP contribution in [0.3, 0.4) is 0 Å². The monoisotopic (exact) mass is 257 g/mol. The van der Waals surface area contributed by atoms with Crippen LogP contribution in [0.4, 0.5) is 0 Å². The molecule has 2 atom stereocenters. The molecule has 0 spiro atoms. The van der Waals surface area contributed by atoms with Crippen LogP contribution < -0.4 is 10.1 Å². The first-order chi connectivity index (χ1) is 9.36. The maximum atomic E-state index is 5.22. The summed E-state index contributed by atoms with van der Waals surface area (Å²) >= 11 is 0. The lowest BCUT2D eigenvalue weighted by atomic mass is 9.77. The van der Waals surface area contributed by atoms with Crippen molar-refractivity contribution in [3.05, 3.63) is 41.5 Å². The van der Waals surface area contributed by atoms with Crippen molar-refractivity contribution in [3.63, 3.8) is 0 Å². The Labute approximate surface area is 115 Å². The van der Waals surface area contributed by atoms with Gasteiger partial charge in [0.1, 0.15) is 5.75 Å². The van der Waals surface area contributed by atoms with E-state index in [2.05, 4.69) is 35.7 Å². The fourth-order valence-corrected chi connectivity index (χ4v) is 3.44. The third kappa shape index (κ3) is 2.84. The van der Waals surface area contributed by atoms with Crippen LogP contribution in [0.1, 0.15) is 31.2 Å². The number of benzene rings is 1. The van der Waals surface area contributed by atoms with E-state index in [-0.39, 0.29) is 0 Å². The van der Waals surface area contributed by atoms with Gasteiger partial charge in [-0.15, -0.1) is 0 Å². The molecule has 0 saturated carbocycles. The molecule has 0 aromatic heterocycles. The molecule has 102 valence electrons. The van der Waals surface area contributed by atoms with E-state index in [0.717, 1.165) is 18.1 Å². The van der Waals surface area contributed by atoms with E-state index in [1.807, 2.05) is 0 Å². The number of fused-ring (bicyclic) bond motifs is 1. The summed E-state index contributed by atoms with van der Waals surface area (Å²) in [4.78, 5) is 0. The molecule has 1 unspecified atom stereocenters. The van der Waals surface area contributed by atoms with Crippen molar-refractivity contribution in [1.29, 1.82) is 0 Å². The molecule has 2 aliphatic rings. The molecule has 1 saturated heterocycles. The standard InChI is InChI=1S/C17H23NO/c1-19-15-8-6-13(7-9-15)12-17-16-5-3-2-4-14(16)10-11-18-17/h5-9,14,17-18H,2-4,10-12H2,1H3/t14?,17-/m1/s1. The Kier molecular flexibility index (Phi) is 3.88. The highest BCUT2D eigenvalue weighted by molar-refractivity contribution is 5.30. The van der Waals surface area contributed by atoms with E-state index in [4.69, 9.17) is 4.74 Å². The maximum absolute atomic E-state index is 5.22. The smallest absolute Gasteiger partial charge is 0.118 e. The first-order valence-electron chi connectivity index (χ1n) is 7.43. The van der Waals surface area contributed by atoms with Crippen LogP contribution in [0, 0.1) is 5.92 Å². The Bertz CT molecular complexity index is 449. The number of methoxy groups -OCH3 is 1. The Morgan fingerprint density at radius 2 is 2.05 bits per heavy atom. The number of rotatable bonds is 3. The van der Waals surface area contributed by atoms with Crippen molar-refractivity contribution in [2.24, 2.45) is 5.92 Å². The van der Waals surface area contributed by atoms with Gasteiger partial charge in [-0.3, -0.25) is 0 Å². The second-order valence-corrected chi connectivity index (χ2v) is 5.68. The minimum Gasteiger partial charge on any atom is -0.497 e. The molecule has 1 aromatic rings. The van der Waals surface area contributed by atoms with Gasteiger partial charge >= 0.3 is 0 Å². The molecule has 0 amide bonds. The van der Waals surface area contributed by atoms with Crippen molar-refractivity contribution in [1.82, 2.24) is 5.32 Å². The lowest BCUT2D eigenvalue weighted by Crippen LogP contribution is -2.42. The number of nitrogens with one attached hydrogen (secondary N) is 1. The molecule has 19 heavy (non-hydrogen) atoms. The summed E-state index contributed by atoms with van der Waals surface area (Å²) in [5.41, 5.74) is 3.07. The SMILES string of the molecule is COc1ccc(C[C@H]2NCCC3CCCC=C32)cc1. The molecule has 0 radical (unpaired) electrons. The van der Waals surface area contributed by atoms with Gasteiger partial charge in [-0.2, -0.15) is 0 Å². The first kappa shape index (κ1) is 12.7. The Morgan fingerprint density at radius 1 is 1.21 bits per heavy atom. The van der Waals surface area contributed by atoms with Crippen LogP contribution in [-0.4, -0.2) is 19.7 Å². The summed E-state index contributed by atoms with van der Waals surface area (Å²) in [6.07, 6.45) is 8.97. The Morgan fingerprint density at radius 3 is 2.84 bits per heavy atom. The van der Waals surface area contributed by atoms with Crippen molar-refractivity contribution < 1.29 is 4.74 Å². The van der Waals surface area contributed by atoms with Gasteiger partial charge in [0.25, 0.3) is 0 Å². The van der Waals surface area contributed by atoms with Gasteiger partial charge < -0.3 is 10.1 Å². The number of piperidine rings is 1. The van der Waals surface area contributed by atoms with E-state index in [0.29, 0.717) is 6.04 Å². The first-order valence-corrected chi connectivity index (χ1v) is 7.43. The zero-order chi connectivity index (χ0) is 13.1. The summed E-state index contributed by atoms with van der Waals surface area (Å²) in [6.45, 7) is 1.17. The normalized spacial score (nSPS) is 26.5. The number of hydrogen-bond acceptors (Lipinski definition) is 2. The highest BCUT2D eigenvalue weighted by atomic mass is 16.5. The molecule has 3 rings (SSSR count). The molecular weight excluding hydrogens is 234 g/mol. The molecule has 0 bridgehead atoms. The van der Waals surface area contributed by atoms with Crippen LogP contribution in [0.15, 0.2) is 35.9 Å². The highest BCUT2D eigenvalue weighted by Crippen LogP contribution is 2.33. The van der Waals surface area contributed by atoms with E-state index < -0.39 is 0 Å². The Balaban J connectivity index is 1.72. The fourth-order valence-electron chi connectivity index (χ4n) is 3.44. The summed E-state index contributed by atoms with van der Waals surface area (Å²) < 4.78 is 5.22. The predicted octanol–water partition coefficient (Wildman–Crippen LogP) is 3.33. The zero-order valence-electron chi connectivity index (χ0n) is 11.7. The van der Waals surface area contributed by atoms with Crippen LogP contribution in [-0.2, 0) is 6.42 Å². The van der Waals surface area contributed by atoms with Gasteiger partial charge in [-0.05, 0) is 62.3 Å². The van der Waals surface area contributed by atoms with Crippen LogP contribution in [0.25, 0.3) is 0 Å². The number of ether oxygens (including phenoxy) is 1. The third-order valence-electron chi connectivity index (χ3n) is 4.49. The summed E-state index contributed by atoms with van der Waals surface area (Å²) in [7, 11) is 1.72. The average molecular weight is 257 g/mol. The molecular formula is C17H23NO. The van der Waals surface area contributed by atoms with Crippen molar-refractivity contribution >= 4 is 0 Å². The number of hydrogen-bond donors (Lipinski definition) is 1. The van der Waals surface area contributed by atoms with Gasteiger partial charge in [0, 0.05) is 6.04 Å². The minimum atomic E-state index is 0.549. The van der Waals surface area contributed by atoms with E-state index in [1.54, 1.807) is 12.7 Å². The second kappa shape index (κ2) is 5.79. The van der Waals surface area contributed by atoms with E-state index >= 15 is 0 Å². The van der Waals surface area contributed by atoms with Crippen LogP contribution in [0.5, 0.6) is 5.75 Å². The molecule has 2 heteroatoms. The molecule has 2 nitrogen and oxygen atoms in total. The molecule has 1 N–H and O–H groups in total. The van der Waals surface area contributed by atoms with Gasteiger partial charge in [0.15, 0.2) is 0 Å². The lowest BCUT2D eigenvalue weighted by Gasteiger charge is -2.36. The van der Waals surface area contributed by atoms with Crippen LogP contribution >= 0.6 is 0 Å². The molecule has 1 fully saturated rings. The largest absolute Gasteiger partial charge is 0.497 e. The summed E-state index contributed by atoms with van der Waals surface area (Å²) in [6, 6.07) is 9.05. The maximum Gasteiger partial charge on any atom is 0.118 e. The molecule has 1 heterocycles. The van der Waals surface area contributed by atoms with Crippen LogP contribution in [0.2, 0.25) is 0 Å². The van der Waals surface area contributed by atoms with Crippen molar-refractivity contribution in [3.8, 4) is 5.75 Å². The quantitative estimate of drug-likeness (QED) is 0.839. The average Bonchev–Trinajstić information content (AvgIpc) is 2.48. The fraction of sp³-hybridized carbons (Fsp3) is 0.529. The topological polar surface area (TPSA) is 21.3 Å². The molecule has 1 aromatic carbocycles. The van der Waals surface area contributed by atoms with E-state index in [1.165, 1.54) is 37.8 Å². The molecule has 1 aliphatic carbocycles. The van der Waals surface area contributed by atoms with E-state index in [9.17, 15) is 0 Å². The minimum absolute atomic E-state index is 0.549. The Hall–Kier alpha value is -1.28. The third-order valence-corrected chi connectivity index (χ3v) is 4.49. The van der Waals surface area contributed by atoms with Gasteiger partial charge in [-0.25, -0.2) is 0 Å². The highest BCUT2D eigenvalue weighted by Gasteiger charge is 2.28. The number of allylic oxidation sites excluding steroid dienone is 1. The van der Waals surface area contributed by atoms with Crippen molar-refractivity contribution in [2.75, 3.05) is 13.7 Å². The summed E-state index contributed by atoms with van der Waals surface area (Å²) in [5.74, 6) is 1.79. The summed E-state index contributed by atoms with van der Waals surface area (Å²) in [5, 5.41) is 3.70. The van der Waals surface area contributed by atoms with Gasteiger partial charge in [-0.1, -0.05) is 23.8 Å². The van der Waals surface area contributed by atoms with Gasteiger partial charge in [0.2, 0.25) is 0 Å². The van der Waals surface area contributed by atoms with Crippen molar-refractivity contribution in [2.45, 2.75) is 38.1 Å². The second-order valence-electron chi connectivity index (χ2n) is 5.68. The van der Waals surface area contributed by atoms with Gasteiger partial charge in [0.05, 0.1) is 7.11 Å². The lowest BCUT2D eigenvalue weighted by molar-refractivity contribution is 0.358. The molecule has 1 aliphatic heterocycles. The zero-order valence-corrected chi connectivity index (χ0v) is 11.7. The predicted molar refractivity (Wildman–Crippen MR) is 78.5 cm³/mol.